The van der Waals surface area contributed by atoms with Gasteiger partial charge in [-0.25, -0.2) is 9.97 Å². The topological polar surface area (TPSA) is 88.3 Å². The number of amides is 1. The third-order valence-corrected chi connectivity index (χ3v) is 7.81. The van der Waals surface area contributed by atoms with Gasteiger partial charge in [0.05, 0.1) is 24.0 Å². The second-order valence-corrected chi connectivity index (χ2v) is 9.93. The lowest BCUT2D eigenvalue weighted by atomic mass is 9.75. The van der Waals surface area contributed by atoms with Crippen molar-refractivity contribution in [2.45, 2.75) is 56.6 Å². The summed E-state index contributed by atoms with van der Waals surface area (Å²) in [4.78, 5) is 36.5. The molecule has 1 saturated carbocycles. The van der Waals surface area contributed by atoms with E-state index in [2.05, 4.69) is 26.8 Å². The Hall–Kier alpha value is -2.58. The Labute approximate surface area is 190 Å². The number of hydrogen-bond acceptors (Lipinski definition) is 6. The maximum absolute atomic E-state index is 13.4. The largest absolute Gasteiger partial charge is 0.388 e. The molecule has 3 aromatic heterocycles. The minimum atomic E-state index is -1.04. The van der Waals surface area contributed by atoms with Crippen molar-refractivity contribution in [3.63, 3.8) is 0 Å². The van der Waals surface area contributed by atoms with Gasteiger partial charge in [0, 0.05) is 25.2 Å². The van der Waals surface area contributed by atoms with Crippen LogP contribution in [0.4, 0.5) is 0 Å². The second kappa shape index (κ2) is 8.75. The number of likely N-dealkylation sites (tertiary alicyclic amines) is 1. The molecule has 32 heavy (non-hydrogen) atoms. The van der Waals surface area contributed by atoms with Crippen LogP contribution in [0.5, 0.6) is 0 Å². The fourth-order valence-corrected chi connectivity index (χ4v) is 5.99. The highest BCUT2D eigenvalue weighted by Crippen LogP contribution is 2.40. The van der Waals surface area contributed by atoms with Crippen LogP contribution in [0, 0.1) is 5.92 Å². The molecule has 4 heterocycles. The molecule has 0 spiro atoms. The normalized spacial score (nSPS) is 23.3. The highest BCUT2D eigenvalue weighted by atomic mass is 32.1. The molecule has 0 unspecified atom stereocenters. The van der Waals surface area contributed by atoms with Gasteiger partial charge in [-0.2, -0.15) is 11.3 Å². The highest BCUT2D eigenvalue weighted by Gasteiger charge is 2.39. The molecule has 0 radical (unpaired) electrons. The van der Waals surface area contributed by atoms with Gasteiger partial charge in [0.2, 0.25) is 5.91 Å². The minimum absolute atomic E-state index is 0.0305. The van der Waals surface area contributed by atoms with Gasteiger partial charge in [0.1, 0.15) is 0 Å². The molecule has 7 nitrogen and oxygen atoms in total. The molecule has 3 aromatic rings. The predicted molar refractivity (Wildman–Crippen MR) is 124 cm³/mol. The number of piperidine rings is 1. The summed E-state index contributed by atoms with van der Waals surface area (Å²) >= 11 is 1.69. The molecule has 2 atom stereocenters. The summed E-state index contributed by atoms with van der Waals surface area (Å²) in [6.45, 7) is 1.18. The Kier molecular flexibility index (Phi) is 5.82. The van der Waals surface area contributed by atoms with Gasteiger partial charge in [0.25, 0.3) is 5.56 Å². The van der Waals surface area contributed by atoms with Crippen LogP contribution in [-0.2, 0) is 11.3 Å². The SMILES string of the molecule is O=C([C@H]1CCCC[C@@H]1c1ccsc1)N1CCC(O)(Cn2cnc3cccnc3c2=O)CC1. The number of rotatable bonds is 4. The zero-order valence-electron chi connectivity index (χ0n) is 18.0. The summed E-state index contributed by atoms with van der Waals surface area (Å²) < 4.78 is 1.44. The zero-order chi connectivity index (χ0) is 22.1. The molecule has 168 valence electrons. The lowest BCUT2D eigenvalue weighted by Crippen LogP contribution is -2.51. The quantitative estimate of drug-likeness (QED) is 0.657. The molecule has 8 heteroatoms. The Bertz CT molecular complexity index is 1150. The van der Waals surface area contributed by atoms with Crippen molar-refractivity contribution in [1.82, 2.24) is 19.4 Å². The Morgan fingerprint density at radius 3 is 2.78 bits per heavy atom. The van der Waals surface area contributed by atoms with Gasteiger partial charge in [-0.3, -0.25) is 14.2 Å². The van der Waals surface area contributed by atoms with Gasteiger partial charge in [-0.1, -0.05) is 12.8 Å². The van der Waals surface area contributed by atoms with E-state index in [-0.39, 0.29) is 23.9 Å². The number of thiophene rings is 1. The van der Waals surface area contributed by atoms with Crippen LogP contribution in [0.25, 0.3) is 11.0 Å². The van der Waals surface area contributed by atoms with Gasteiger partial charge in [-0.05, 0) is 66.1 Å². The number of hydrogen-bond donors (Lipinski definition) is 1. The van der Waals surface area contributed by atoms with Crippen molar-refractivity contribution in [3.8, 4) is 0 Å². The molecule has 5 rings (SSSR count). The average molecular weight is 453 g/mol. The number of fused-ring (bicyclic) bond motifs is 1. The van der Waals surface area contributed by atoms with Crippen LogP contribution in [-0.4, -0.2) is 49.1 Å². The van der Waals surface area contributed by atoms with Crippen molar-refractivity contribution < 1.29 is 9.90 Å². The summed E-state index contributed by atoms with van der Waals surface area (Å²) in [6, 6.07) is 5.65. The molecular formula is C24H28N4O3S. The van der Waals surface area contributed by atoms with E-state index < -0.39 is 5.60 Å². The van der Waals surface area contributed by atoms with E-state index in [1.54, 1.807) is 29.7 Å². The van der Waals surface area contributed by atoms with Crippen LogP contribution < -0.4 is 5.56 Å². The molecule has 2 fully saturated rings. The van der Waals surface area contributed by atoms with E-state index in [1.807, 2.05) is 4.90 Å². The molecule has 1 aliphatic carbocycles. The summed E-state index contributed by atoms with van der Waals surface area (Å²) in [6.07, 6.45) is 8.22. The van der Waals surface area contributed by atoms with Crippen molar-refractivity contribution in [2.75, 3.05) is 13.1 Å². The fraction of sp³-hybridized carbons (Fsp3) is 0.500. The van der Waals surface area contributed by atoms with Crippen molar-refractivity contribution in [1.29, 1.82) is 0 Å². The minimum Gasteiger partial charge on any atom is -0.388 e. The van der Waals surface area contributed by atoms with Crippen LogP contribution in [0.15, 0.2) is 46.3 Å². The lowest BCUT2D eigenvalue weighted by Gasteiger charge is -2.41. The molecule has 2 aliphatic rings. The summed E-state index contributed by atoms with van der Waals surface area (Å²) in [5.41, 5.74) is 0.864. The van der Waals surface area contributed by atoms with Gasteiger partial charge >= 0.3 is 0 Å². The second-order valence-electron chi connectivity index (χ2n) is 9.15. The number of pyridine rings is 1. The standard InChI is InChI=1S/C24H28N4O3S/c29-22(19-5-2-1-4-18(19)17-7-13-32-14-17)27-11-8-24(31,9-12-27)15-28-16-26-20-6-3-10-25-21(20)23(28)30/h3,6-7,10,13-14,16,18-19,31H,1-2,4-5,8-9,11-12,15H2/t18-,19+/m1/s1. The van der Waals surface area contributed by atoms with Crippen LogP contribution in [0.1, 0.15) is 50.0 Å². The number of carbonyl (C=O) groups is 1. The van der Waals surface area contributed by atoms with Crippen molar-refractivity contribution >= 4 is 28.3 Å². The lowest BCUT2D eigenvalue weighted by molar-refractivity contribution is -0.142. The molecule has 0 bridgehead atoms. The van der Waals surface area contributed by atoms with Crippen LogP contribution in [0.2, 0.25) is 0 Å². The van der Waals surface area contributed by atoms with Crippen molar-refractivity contribution in [2.24, 2.45) is 5.92 Å². The van der Waals surface area contributed by atoms with Crippen LogP contribution >= 0.6 is 11.3 Å². The predicted octanol–water partition coefficient (Wildman–Crippen LogP) is 3.18. The maximum Gasteiger partial charge on any atom is 0.279 e. The van der Waals surface area contributed by atoms with E-state index >= 15 is 0 Å². The molecule has 1 saturated heterocycles. The Balaban J connectivity index is 1.27. The van der Waals surface area contributed by atoms with E-state index in [1.165, 1.54) is 22.9 Å². The molecule has 1 aliphatic heterocycles. The zero-order valence-corrected chi connectivity index (χ0v) is 18.8. The number of nitrogens with zero attached hydrogens (tertiary/aromatic N) is 4. The molecule has 0 aromatic carbocycles. The first kappa shape index (κ1) is 21.3. The van der Waals surface area contributed by atoms with Gasteiger partial charge in [-0.15, -0.1) is 0 Å². The number of carbonyl (C=O) groups excluding carboxylic acids is 1. The molecule has 1 N–H and O–H groups in total. The summed E-state index contributed by atoms with van der Waals surface area (Å²) in [5.74, 6) is 0.553. The maximum atomic E-state index is 13.4. The third kappa shape index (κ3) is 4.09. The van der Waals surface area contributed by atoms with E-state index in [9.17, 15) is 14.7 Å². The van der Waals surface area contributed by atoms with Crippen molar-refractivity contribution in [3.05, 3.63) is 57.4 Å². The Morgan fingerprint density at radius 1 is 1.19 bits per heavy atom. The summed E-state index contributed by atoms with van der Waals surface area (Å²) in [5, 5.41) is 15.5. The van der Waals surface area contributed by atoms with E-state index in [4.69, 9.17) is 0 Å². The highest BCUT2D eigenvalue weighted by molar-refractivity contribution is 7.08. The summed E-state index contributed by atoms with van der Waals surface area (Å²) in [7, 11) is 0. The Morgan fingerprint density at radius 2 is 2.00 bits per heavy atom. The first-order valence-electron chi connectivity index (χ1n) is 11.4. The smallest absolute Gasteiger partial charge is 0.279 e. The first-order chi connectivity index (χ1) is 15.5. The van der Waals surface area contributed by atoms with Gasteiger partial charge in [0.15, 0.2) is 5.52 Å². The van der Waals surface area contributed by atoms with Gasteiger partial charge < -0.3 is 10.0 Å². The first-order valence-corrected chi connectivity index (χ1v) is 12.3. The molecule has 1 amide bonds. The van der Waals surface area contributed by atoms with E-state index in [0.29, 0.717) is 42.9 Å². The number of aromatic nitrogens is 3. The third-order valence-electron chi connectivity index (χ3n) is 7.11. The molecular weight excluding hydrogens is 424 g/mol. The van der Waals surface area contributed by atoms with Crippen LogP contribution in [0.3, 0.4) is 0 Å². The average Bonchev–Trinajstić information content (AvgIpc) is 3.36. The van der Waals surface area contributed by atoms with E-state index in [0.717, 1.165) is 19.3 Å². The monoisotopic (exact) mass is 452 g/mol. The number of aliphatic hydroxyl groups is 1. The fourth-order valence-electron chi connectivity index (χ4n) is 5.26.